The van der Waals surface area contributed by atoms with Gasteiger partial charge in [0.05, 0.1) is 5.39 Å². The summed E-state index contributed by atoms with van der Waals surface area (Å²) in [6.45, 7) is 11.6. The maximum absolute atomic E-state index is 11.7. The minimum Gasteiger partial charge on any atom is -0.461 e. The average molecular weight is 234 g/mol. The summed E-state index contributed by atoms with van der Waals surface area (Å²) in [5, 5.41) is 0.658. The molecule has 1 heterocycles. The lowest BCUT2D eigenvalue weighted by Gasteiger charge is -2.00. The van der Waals surface area contributed by atoms with E-state index >= 15 is 0 Å². The first kappa shape index (κ1) is 15.4. The second kappa shape index (κ2) is 7.66. The molecule has 0 fully saturated rings. The monoisotopic (exact) mass is 234 g/mol. The van der Waals surface area contributed by atoms with Gasteiger partial charge in [-0.2, -0.15) is 0 Å². The minimum absolute atomic E-state index is 0.0688. The lowest BCUT2D eigenvalue weighted by atomic mass is 10.1. The summed E-state index contributed by atoms with van der Waals surface area (Å²) in [5.74, 6) is 0.698. The molecule has 2 rings (SSSR count). The molecule has 0 spiro atoms. The predicted molar refractivity (Wildman–Crippen MR) is 74.7 cm³/mol. The highest BCUT2D eigenvalue weighted by Gasteiger charge is 2.05. The Kier molecular flexibility index (Phi) is 6.95. The van der Waals surface area contributed by atoms with Crippen LogP contribution in [0.3, 0.4) is 0 Å². The molecule has 0 aliphatic carbocycles. The molecule has 0 amide bonds. The molecule has 17 heavy (non-hydrogen) atoms. The standard InChI is InChI=1S/C11H10O2.2C2H6/c1-7-8(2)13-10-6-4-3-5-9(10)11(7)12;2*1-2/h3-6H,1-2H3;2*1-2H3. The summed E-state index contributed by atoms with van der Waals surface area (Å²) in [6, 6.07) is 7.30. The molecule has 0 radical (unpaired) electrons. The van der Waals surface area contributed by atoms with Crippen LogP contribution in [0.1, 0.15) is 39.0 Å². The van der Waals surface area contributed by atoms with Crippen LogP contribution in [-0.2, 0) is 0 Å². The number of para-hydroxylation sites is 1. The zero-order valence-corrected chi connectivity index (χ0v) is 11.6. The van der Waals surface area contributed by atoms with Gasteiger partial charge in [0.25, 0.3) is 0 Å². The Hall–Kier alpha value is -1.57. The summed E-state index contributed by atoms with van der Waals surface area (Å²) in [7, 11) is 0. The maximum atomic E-state index is 11.7. The topological polar surface area (TPSA) is 30.2 Å². The quantitative estimate of drug-likeness (QED) is 0.673. The van der Waals surface area contributed by atoms with E-state index in [2.05, 4.69) is 0 Å². The highest BCUT2D eigenvalue weighted by molar-refractivity contribution is 5.76. The summed E-state index contributed by atoms with van der Waals surface area (Å²) < 4.78 is 5.47. The zero-order valence-electron chi connectivity index (χ0n) is 11.6. The van der Waals surface area contributed by atoms with Crippen molar-refractivity contribution >= 4 is 11.0 Å². The van der Waals surface area contributed by atoms with E-state index in [-0.39, 0.29) is 5.43 Å². The third-order valence-electron chi connectivity index (χ3n) is 2.26. The van der Waals surface area contributed by atoms with Crippen LogP contribution in [0.4, 0.5) is 0 Å². The van der Waals surface area contributed by atoms with E-state index in [4.69, 9.17) is 4.42 Å². The SMILES string of the molecule is CC.CC.Cc1oc2ccccc2c(=O)c1C. The Labute approximate surface area is 103 Å². The van der Waals surface area contributed by atoms with E-state index in [1.807, 2.05) is 52.8 Å². The molecule has 0 saturated heterocycles. The fourth-order valence-corrected chi connectivity index (χ4v) is 1.35. The highest BCUT2D eigenvalue weighted by atomic mass is 16.3. The van der Waals surface area contributed by atoms with Crippen LogP contribution < -0.4 is 5.43 Å². The van der Waals surface area contributed by atoms with Crippen molar-refractivity contribution in [3.63, 3.8) is 0 Å². The van der Waals surface area contributed by atoms with Crippen molar-refractivity contribution in [2.24, 2.45) is 0 Å². The van der Waals surface area contributed by atoms with Crippen molar-refractivity contribution in [3.05, 3.63) is 45.8 Å². The number of aryl methyl sites for hydroxylation is 1. The molecule has 0 bridgehead atoms. The Morgan fingerprint density at radius 2 is 1.47 bits per heavy atom. The van der Waals surface area contributed by atoms with Crippen LogP contribution >= 0.6 is 0 Å². The minimum atomic E-state index is 0.0688. The Morgan fingerprint density at radius 3 is 2.06 bits per heavy atom. The van der Waals surface area contributed by atoms with Crippen molar-refractivity contribution < 1.29 is 4.42 Å². The van der Waals surface area contributed by atoms with Gasteiger partial charge in [-0.3, -0.25) is 4.79 Å². The normalized spacial score (nSPS) is 8.82. The average Bonchev–Trinajstić information content (AvgIpc) is 2.41. The van der Waals surface area contributed by atoms with Gasteiger partial charge in [-0.15, -0.1) is 0 Å². The van der Waals surface area contributed by atoms with E-state index in [0.29, 0.717) is 22.3 Å². The smallest absolute Gasteiger partial charge is 0.195 e. The van der Waals surface area contributed by atoms with Gasteiger partial charge in [0.15, 0.2) is 5.43 Å². The lowest BCUT2D eigenvalue weighted by Crippen LogP contribution is -2.06. The number of hydrogen-bond acceptors (Lipinski definition) is 2. The maximum Gasteiger partial charge on any atom is 0.195 e. The first-order valence-electron chi connectivity index (χ1n) is 6.19. The molecule has 94 valence electrons. The summed E-state index contributed by atoms with van der Waals surface area (Å²) in [6.07, 6.45) is 0. The molecule has 2 nitrogen and oxygen atoms in total. The number of hydrogen-bond donors (Lipinski definition) is 0. The van der Waals surface area contributed by atoms with Crippen LogP contribution in [0.2, 0.25) is 0 Å². The van der Waals surface area contributed by atoms with Crippen molar-refractivity contribution in [2.75, 3.05) is 0 Å². The molecule has 0 aliphatic rings. The Bertz CT molecular complexity index is 510. The number of benzene rings is 1. The van der Waals surface area contributed by atoms with Gasteiger partial charge in [0.2, 0.25) is 0 Å². The largest absolute Gasteiger partial charge is 0.461 e. The Balaban J connectivity index is 0.000000581. The second-order valence-electron chi connectivity index (χ2n) is 3.11. The number of fused-ring (bicyclic) bond motifs is 1. The summed E-state index contributed by atoms with van der Waals surface area (Å²) in [4.78, 5) is 11.7. The molecule has 2 heteroatoms. The highest BCUT2D eigenvalue weighted by Crippen LogP contribution is 2.13. The van der Waals surface area contributed by atoms with E-state index in [1.54, 1.807) is 13.0 Å². The van der Waals surface area contributed by atoms with Crippen LogP contribution in [0.15, 0.2) is 33.5 Å². The van der Waals surface area contributed by atoms with Gasteiger partial charge in [-0.1, -0.05) is 39.8 Å². The molecule has 0 N–H and O–H groups in total. The van der Waals surface area contributed by atoms with Gasteiger partial charge < -0.3 is 4.42 Å². The van der Waals surface area contributed by atoms with Gasteiger partial charge >= 0.3 is 0 Å². The van der Waals surface area contributed by atoms with Gasteiger partial charge in [0.1, 0.15) is 11.3 Å². The van der Waals surface area contributed by atoms with Crippen molar-refractivity contribution in [2.45, 2.75) is 41.5 Å². The van der Waals surface area contributed by atoms with Crippen LogP contribution in [0.5, 0.6) is 0 Å². The fraction of sp³-hybridized carbons (Fsp3) is 0.400. The first-order valence-corrected chi connectivity index (χ1v) is 6.19. The molecular weight excluding hydrogens is 212 g/mol. The van der Waals surface area contributed by atoms with Crippen molar-refractivity contribution in [1.29, 1.82) is 0 Å². The van der Waals surface area contributed by atoms with Gasteiger partial charge in [-0.25, -0.2) is 0 Å². The van der Waals surface area contributed by atoms with E-state index in [0.717, 1.165) is 0 Å². The van der Waals surface area contributed by atoms with E-state index < -0.39 is 0 Å². The molecule has 1 aromatic heterocycles. The van der Waals surface area contributed by atoms with Gasteiger partial charge in [0, 0.05) is 5.56 Å². The van der Waals surface area contributed by atoms with E-state index in [1.165, 1.54) is 0 Å². The predicted octanol–water partition coefficient (Wildman–Crippen LogP) is 4.46. The molecule has 0 atom stereocenters. The zero-order chi connectivity index (χ0) is 13.4. The number of rotatable bonds is 0. The van der Waals surface area contributed by atoms with Crippen LogP contribution in [-0.4, -0.2) is 0 Å². The first-order chi connectivity index (χ1) is 8.20. The van der Waals surface area contributed by atoms with Crippen molar-refractivity contribution in [1.82, 2.24) is 0 Å². The molecule has 0 saturated carbocycles. The third kappa shape index (κ3) is 3.45. The molecule has 0 aliphatic heterocycles. The summed E-state index contributed by atoms with van der Waals surface area (Å²) in [5.41, 5.74) is 1.42. The fourth-order valence-electron chi connectivity index (χ4n) is 1.35. The summed E-state index contributed by atoms with van der Waals surface area (Å²) >= 11 is 0. The molecule has 2 aromatic rings. The third-order valence-corrected chi connectivity index (χ3v) is 2.26. The second-order valence-corrected chi connectivity index (χ2v) is 3.11. The molecule has 1 aromatic carbocycles. The Morgan fingerprint density at radius 1 is 0.941 bits per heavy atom. The van der Waals surface area contributed by atoms with Gasteiger partial charge in [-0.05, 0) is 26.0 Å². The van der Waals surface area contributed by atoms with Crippen molar-refractivity contribution in [3.8, 4) is 0 Å². The van der Waals surface area contributed by atoms with Crippen LogP contribution in [0, 0.1) is 13.8 Å². The van der Waals surface area contributed by atoms with E-state index in [9.17, 15) is 4.79 Å². The lowest BCUT2D eigenvalue weighted by molar-refractivity contribution is 0.559. The molecular formula is C15H22O2. The van der Waals surface area contributed by atoms with Crippen LogP contribution in [0.25, 0.3) is 11.0 Å². The molecule has 0 unspecified atom stereocenters.